The maximum atomic E-state index is 12.9. The smallest absolute Gasteiger partial charge is 0.255 e. The van der Waals surface area contributed by atoms with Gasteiger partial charge in [-0.1, -0.05) is 18.2 Å². The highest BCUT2D eigenvalue weighted by atomic mass is 32.2. The molecule has 2 aliphatic heterocycles. The number of benzene rings is 2. The third-order valence-electron chi connectivity index (χ3n) is 6.08. The number of nitrogens with zero attached hydrogens (tertiary/aromatic N) is 3. The minimum Gasteiger partial charge on any atom is -0.379 e. The highest BCUT2D eigenvalue weighted by Gasteiger charge is 2.26. The van der Waals surface area contributed by atoms with Crippen LogP contribution in [-0.4, -0.2) is 54.5 Å². The zero-order valence-electron chi connectivity index (χ0n) is 18.2. The Morgan fingerprint density at radius 2 is 1.73 bits per heavy atom. The van der Waals surface area contributed by atoms with Crippen LogP contribution in [0.1, 0.15) is 29.0 Å². The van der Waals surface area contributed by atoms with E-state index in [1.165, 1.54) is 16.4 Å². The maximum Gasteiger partial charge on any atom is 0.255 e. The third kappa shape index (κ3) is 4.44. The number of imidazole rings is 1. The van der Waals surface area contributed by atoms with Crippen molar-refractivity contribution in [2.75, 3.05) is 31.6 Å². The number of hydrogen-bond acceptors (Lipinski definition) is 5. The molecule has 3 heterocycles. The van der Waals surface area contributed by atoms with Crippen LogP contribution in [0, 0.1) is 0 Å². The Bertz CT molecular complexity index is 1240. The molecule has 5 rings (SSSR count). The summed E-state index contributed by atoms with van der Waals surface area (Å²) in [5.41, 5.74) is 2.76. The molecule has 2 aromatic carbocycles. The summed E-state index contributed by atoms with van der Waals surface area (Å²) in [6.45, 7) is 2.41. The van der Waals surface area contributed by atoms with Crippen LogP contribution >= 0.6 is 0 Å². The molecule has 1 saturated heterocycles. The summed E-state index contributed by atoms with van der Waals surface area (Å²) in [7, 11) is -3.60. The highest BCUT2D eigenvalue weighted by Crippen LogP contribution is 2.29. The summed E-state index contributed by atoms with van der Waals surface area (Å²) in [5, 5.41) is 2.96. The largest absolute Gasteiger partial charge is 0.379 e. The number of ether oxygens (including phenoxy) is 1. The van der Waals surface area contributed by atoms with Gasteiger partial charge in [-0.2, -0.15) is 4.31 Å². The lowest BCUT2D eigenvalue weighted by atomic mass is 10.1. The fourth-order valence-electron chi connectivity index (χ4n) is 4.27. The summed E-state index contributed by atoms with van der Waals surface area (Å²) < 4.78 is 34.4. The van der Waals surface area contributed by atoms with Gasteiger partial charge in [0.15, 0.2) is 0 Å². The molecular formula is C24H26N4O4S. The fraction of sp³-hybridized carbons (Fsp3) is 0.333. The summed E-state index contributed by atoms with van der Waals surface area (Å²) in [6, 6.07) is 13.6. The molecule has 0 aliphatic carbocycles. The standard InChI is InChI=1S/C24H26N4O4S/c29-24(18-8-10-19(11-9-18)33(30,31)28-13-15-32-16-14-28)26-21-6-2-1-5-20(21)22-17-27-12-4-3-7-23(27)25-22/h1-2,5-6,8-11,17H,3-4,7,12-16H2,(H,26,29). The predicted octanol–water partition coefficient (Wildman–Crippen LogP) is 3.16. The maximum absolute atomic E-state index is 12.9. The number of hydrogen-bond donors (Lipinski definition) is 1. The summed E-state index contributed by atoms with van der Waals surface area (Å²) in [5.74, 6) is 0.774. The van der Waals surface area contributed by atoms with E-state index in [1.54, 1.807) is 12.1 Å². The average molecular weight is 467 g/mol. The van der Waals surface area contributed by atoms with Crippen molar-refractivity contribution in [2.24, 2.45) is 0 Å². The molecule has 1 amide bonds. The van der Waals surface area contributed by atoms with Gasteiger partial charge in [0.2, 0.25) is 10.0 Å². The molecule has 3 aromatic rings. The number of nitrogens with one attached hydrogen (secondary N) is 1. The van der Waals surface area contributed by atoms with E-state index in [0.717, 1.165) is 42.9 Å². The fourth-order valence-corrected chi connectivity index (χ4v) is 5.67. The lowest BCUT2D eigenvalue weighted by molar-refractivity contribution is 0.0730. The SMILES string of the molecule is O=C(Nc1ccccc1-c1cn2c(n1)CCCC2)c1ccc(S(=O)(=O)N2CCOCC2)cc1. The average Bonchev–Trinajstić information content (AvgIpc) is 3.29. The second-order valence-corrected chi connectivity index (χ2v) is 10.2. The second-order valence-electron chi connectivity index (χ2n) is 8.23. The van der Waals surface area contributed by atoms with Crippen LogP contribution in [0.5, 0.6) is 0 Å². The first kappa shape index (κ1) is 21.8. The van der Waals surface area contributed by atoms with E-state index in [4.69, 9.17) is 9.72 Å². The first-order valence-corrected chi connectivity index (χ1v) is 12.6. The van der Waals surface area contributed by atoms with Crippen LogP contribution in [0.2, 0.25) is 0 Å². The molecule has 2 aliphatic rings. The van der Waals surface area contributed by atoms with E-state index < -0.39 is 10.0 Å². The van der Waals surface area contributed by atoms with Crippen LogP contribution in [0.4, 0.5) is 5.69 Å². The molecule has 9 heteroatoms. The summed E-state index contributed by atoms with van der Waals surface area (Å²) in [6.07, 6.45) is 5.31. The van der Waals surface area contributed by atoms with Gasteiger partial charge in [0.1, 0.15) is 5.82 Å². The van der Waals surface area contributed by atoms with E-state index in [-0.39, 0.29) is 10.8 Å². The van der Waals surface area contributed by atoms with Crippen LogP contribution in [-0.2, 0) is 27.7 Å². The number of morpholine rings is 1. The molecular weight excluding hydrogens is 440 g/mol. The van der Waals surface area contributed by atoms with Gasteiger partial charge < -0.3 is 14.6 Å². The number of fused-ring (bicyclic) bond motifs is 1. The Labute approximate surface area is 193 Å². The number of aromatic nitrogens is 2. The number of para-hydroxylation sites is 1. The Hall–Kier alpha value is -3.01. The van der Waals surface area contributed by atoms with Crippen molar-refractivity contribution in [1.29, 1.82) is 0 Å². The number of carbonyl (C=O) groups is 1. The van der Waals surface area contributed by atoms with E-state index >= 15 is 0 Å². The zero-order chi connectivity index (χ0) is 22.8. The minimum atomic E-state index is -3.60. The number of carbonyl (C=O) groups excluding carboxylic acids is 1. The lowest BCUT2D eigenvalue weighted by Gasteiger charge is -2.26. The van der Waals surface area contributed by atoms with Gasteiger partial charge in [0.05, 0.1) is 29.5 Å². The van der Waals surface area contributed by atoms with Gasteiger partial charge >= 0.3 is 0 Å². The molecule has 0 bridgehead atoms. The molecule has 1 aromatic heterocycles. The normalized spacial score (nSPS) is 16.8. The van der Waals surface area contributed by atoms with Gasteiger partial charge in [0.25, 0.3) is 5.91 Å². The zero-order valence-corrected chi connectivity index (χ0v) is 19.1. The monoisotopic (exact) mass is 466 g/mol. The molecule has 33 heavy (non-hydrogen) atoms. The molecule has 1 N–H and O–H groups in total. The molecule has 0 atom stereocenters. The molecule has 0 spiro atoms. The van der Waals surface area contributed by atoms with Gasteiger partial charge in [-0.15, -0.1) is 0 Å². The Morgan fingerprint density at radius 1 is 0.970 bits per heavy atom. The number of anilines is 1. The quantitative estimate of drug-likeness (QED) is 0.624. The topological polar surface area (TPSA) is 93.5 Å². The van der Waals surface area contributed by atoms with E-state index in [0.29, 0.717) is 37.6 Å². The first-order chi connectivity index (χ1) is 16.0. The van der Waals surface area contributed by atoms with Crippen molar-refractivity contribution in [2.45, 2.75) is 30.7 Å². The van der Waals surface area contributed by atoms with E-state index in [1.807, 2.05) is 30.5 Å². The van der Waals surface area contributed by atoms with Crippen LogP contribution < -0.4 is 5.32 Å². The second kappa shape index (κ2) is 9.09. The van der Waals surface area contributed by atoms with Crippen molar-refractivity contribution in [3.63, 3.8) is 0 Å². The van der Waals surface area contributed by atoms with Gasteiger partial charge in [-0.3, -0.25) is 4.79 Å². The van der Waals surface area contributed by atoms with Gasteiger partial charge in [-0.05, 0) is 43.2 Å². The van der Waals surface area contributed by atoms with Gasteiger partial charge in [-0.25, -0.2) is 13.4 Å². The summed E-state index contributed by atoms with van der Waals surface area (Å²) in [4.78, 5) is 17.9. The van der Waals surface area contributed by atoms with Crippen molar-refractivity contribution in [1.82, 2.24) is 13.9 Å². The van der Waals surface area contributed by atoms with Crippen LogP contribution in [0.15, 0.2) is 59.6 Å². The minimum absolute atomic E-state index is 0.171. The number of rotatable bonds is 5. The molecule has 0 saturated carbocycles. The Balaban J connectivity index is 1.35. The Morgan fingerprint density at radius 3 is 2.48 bits per heavy atom. The molecule has 172 valence electrons. The molecule has 0 radical (unpaired) electrons. The van der Waals surface area contributed by atoms with Crippen LogP contribution in [0.25, 0.3) is 11.3 Å². The number of aryl methyl sites for hydroxylation is 2. The molecule has 8 nitrogen and oxygen atoms in total. The molecule has 0 unspecified atom stereocenters. The first-order valence-electron chi connectivity index (χ1n) is 11.2. The van der Waals surface area contributed by atoms with E-state index in [2.05, 4.69) is 9.88 Å². The number of amides is 1. The lowest BCUT2D eigenvalue weighted by Crippen LogP contribution is -2.40. The van der Waals surface area contributed by atoms with Gasteiger partial charge in [0, 0.05) is 43.4 Å². The summed E-state index contributed by atoms with van der Waals surface area (Å²) >= 11 is 0. The third-order valence-corrected chi connectivity index (χ3v) is 8.00. The number of sulfonamides is 1. The van der Waals surface area contributed by atoms with Crippen molar-refractivity contribution >= 4 is 21.6 Å². The predicted molar refractivity (Wildman–Crippen MR) is 125 cm³/mol. The van der Waals surface area contributed by atoms with Crippen molar-refractivity contribution in [3.05, 3.63) is 66.1 Å². The van der Waals surface area contributed by atoms with Crippen molar-refractivity contribution in [3.8, 4) is 11.3 Å². The van der Waals surface area contributed by atoms with Crippen LogP contribution in [0.3, 0.4) is 0 Å². The van der Waals surface area contributed by atoms with Crippen molar-refractivity contribution < 1.29 is 17.9 Å². The Kier molecular flexibility index (Phi) is 6.01. The highest BCUT2D eigenvalue weighted by molar-refractivity contribution is 7.89. The van der Waals surface area contributed by atoms with E-state index in [9.17, 15) is 13.2 Å². The molecule has 1 fully saturated rings.